The highest BCUT2D eigenvalue weighted by Gasteiger charge is 2.47. The van der Waals surface area contributed by atoms with Gasteiger partial charge in [-0.05, 0) is 55.9 Å². The molecule has 1 saturated heterocycles. The number of aromatic nitrogens is 1. The van der Waals surface area contributed by atoms with Gasteiger partial charge in [-0.3, -0.25) is 14.4 Å². The van der Waals surface area contributed by atoms with E-state index in [4.69, 9.17) is 37.5 Å². The number of ketones is 1. The number of nitrogens with one attached hydrogen (secondary N) is 1. The zero-order valence-electron chi connectivity index (χ0n) is 23.1. The summed E-state index contributed by atoms with van der Waals surface area (Å²) in [6.07, 6.45) is 6.60. The van der Waals surface area contributed by atoms with Gasteiger partial charge in [0.1, 0.15) is 17.4 Å². The van der Waals surface area contributed by atoms with Gasteiger partial charge in [-0.25, -0.2) is 4.98 Å². The number of para-hydroxylation sites is 1. The van der Waals surface area contributed by atoms with E-state index in [1.54, 1.807) is 30.5 Å². The molecule has 0 bridgehead atoms. The van der Waals surface area contributed by atoms with Crippen LogP contribution in [0.2, 0.25) is 10.0 Å². The normalized spacial score (nSPS) is 17.6. The molecular formula is C31H29Cl2N3O6S. The molecule has 2 aromatic heterocycles. The van der Waals surface area contributed by atoms with Crippen LogP contribution in [0.4, 0.5) is 10.8 Å². The number of anilines is 2. The van der Waals surface area contributed by atoms with Crippen molar-refractivity contribution in [1.82, 2.24) is 4.98 Å². The average Bonchev–Trinajstić information content (AvgIpc) is 3.72. The van der Waals surface area contributed by atoms with Gasteiger partial charge in [0.15, 0.2) is 10.9 Å². The quantitative estimate of drug-likeness (QED) is 0.183. The summed E-state index contributed by atoms with van der Waals surface area (Å²) >= 11 is 14.6. The van der Waals surface area contributed by atoms with Crippen LogP contribution >= 0.6 is 34.5 Å². The van der Waals surface area contributed by atoms with Crippen molar-refractivity contribution in [3.05, 3.63) is 74.9 Å². The van der Waals surface area contributed by atoms with Gasteiger partial charge in [0.2, 0.25) is 0 Å². The Kier molecular flexibility index (Phi) is 8.46. The van der Waals surface area contributed by atoms with Gasteiger partial charge in [0, 0.05) is 41.0 Å². The predicted octanol–water partition coefficient (Wildman–Crippen LogP) is 6.80. The molecule has 2 aromatic carbocycles. The predicted molar refractivity (Wildman–Crippen MR) is 166 cm³/mol. The number of thiazole rings is 1. The fourth-order valence-electron chi connectivity index (χ4n) is 5.56. The first-order valence-electron chi connectivity index (χ1n) is 14.1. The van der Waals surface area contributed by atoms with Crippen LogP contribution in [0.15, 0.2) is 53.3 Å². The minimum Gasteiger partial charge on any atom is -0.481 e. The average molecular weight is 643 g/mol. The molecule has 1 atom stereocenters. The molecule has 2 aliphatic rings. The number of carboxylic acids is 1. The van der Waals surface area contributed by atoms with Crippen LogP contribution in [-0.2, 0) is 27.2 Å². The lowest BCUT2D eigenvalue weighted by atomic mass is 9.75. The molecule has 0 unspecified atom stereocenters. The van der Waals surface area contributed by atoms with E-state index >= 15 is 0 Å². The smallest absolute Gasteiger partial charge is 0.303 e. The number of carbonyl (C=O) groups excluding carboxylic acids is 2. The number of furan rings is 1. The molecule has 1 aliphatic heterocycles. The van der Waals surface area contributed by atoms with E-state index in [2.05, 4.69) is 15.2 Å². The first kappa shape index (κ1) is 29.6. The highest BCUT2D eigenvalue weighted by Crippen LogP contribution is 2.41. The minimum atomic E-state index is -0.860. The molecule has 9 nitrogen and oxygen atoms in total. The zero-order chi connectivity index (χ0) is 30.1. The lowest BCUT2D eigenvalue weighted by Crippen LogP contribution is -2.51. The Labute approximate surface area is 261 Å². The molecule has 0 spiro atoms. The standard InChI is InChI=1S/C31H29Cl2N3O6S/c32-23-14-25(35-29(40)22-17-41-26-5-2-1-4-21(22)26)24(33)12-18(23)13-27(37)31(9-3-10-31)42-19-8-11-36(16-19)30-34-15-20(43-30)6-7-28(38)39/h1-2,4-5,12,14-15,17,19H,3,6-11,13,16H2,(H,35,40)(H,38,39)/t19-/m0/s1. The van der Waals surface area contributed by atoms with Crippen LogP contribution in [0.1, 0.15) is 52.9 Å². The van der Waals surface area contributed by atoms with Crippen LogP contribution in [0.3, 0.4) is 0 Å². The number of aryl methyl sites for hydroxylation is 1. The molecule has 1 aliphatic carbocycles. The molecule has 0 radical (unpaired) electrons. The Bertz CT molecular complexity index is 1700. The highest BCUT2D eigenvalue weighted by atomic mass is 35.5. The topological polar surface area (TPSA) is 122 Å². The van der Waals surface area contributed by atoms with Crippen LogP contribution in [0.25, 0.3) is 11.0 Å². The summed E-state index contributed by atoms with van der Waals surface area (Å²) in [5.74, 6) is -1.25. The van der Waals surface area contributed by atoms with Gasteiger partial charge < -0.3 is 24.5 Å². The van der Waals surface area contributed by atoms with Crippen LogP contribution in [0, 0.1) is 0 Å². The number of fused-ring (bicyclic) bond motifs is 1. The summed E-state index contributed by atoms with van der Waals surface area (Å²) in [4.78, 5) is 45.0. The number of rotatable bonds is 11. The maximum Gasteiger partial charge on any atom is 0.303 e. The van der Waals surface area contributed by atoms with Gasteiger partial charge in [-0.1, -0.05) is 41.4 Å². The van der Waals surface area contributed by atoms with Crippen molar-refractivity contribution in [2.24, 2.45) is 0 Å². The third-order valence-corrected chi connectivity index (χ3v) is 9.85. The lowest BCUT2D eigenvalue weighted by molar-refractivity contribution is -0.167. The summed E-state index contributed by atoms with van der Waals surface area (Å²) in [7, 11) is 0. The molecule has 43 heavy (non-hydrogen) atoms. The van der Waals surface area contributed by atoms with E-state index < -0.39 is 11.6 Å². The molecule has 224 valence electrons. The highest BCUT2D eigenvalue weighted by molar-refractivity contribution is 7.15. The summed E-state index contributed by atoms with van der Waals surface area (Å²) < 4.78 is 12.0. The van der Waals surface area contributed by atoms with Crippen LogP contribution in [0.5, 0.6) is 0 Å². The van der Waals surface area contributed by atoms with Crippen molar-refractivity contribution in [2.75, 3.05) is 23.3 Å². The summed E-state index contributed by atoms with van der Waals surface area (Å²) in [5, 5.41) is 13.9. The van der Waals surface area contributed by atoms with E-state index in [1.807, 2.05) is 12.1 Å². The van der Waals surface area contributed by atoms with Gasteiger partial charge >= 0.3 is 5.97 Å². The Hall–Kier alpha value is -3.44. The Morgan fingerprint density at radius 2 is 2.00 bits per heavy atom. The number of benzene rings is 2. The Morgan fingerprint density at radius 1 is 1.19 bits per heavy atom. The molecular weight excluding hydrogens is 613 g/mol. The zero-order valence-corrected chi connectivity index (χ0v) is 25.4. The largest absolute Gasteiger partial charge is 0.481 e. The minimum absolute atomic E-state index is 0.0398. The van der Waals surface area contributed by atoms with Crippen molar-refractivity contribution in [2.45, 2.75) is 56.7 Å². The number of amides is 1. The van der Waals surface area contributed by atoms with E-state index in [-0.39, 0.29) is 35.7 Å². The van der Waals surface area contributed by atoms with E-state index in [0.29, 0.717) is 58.6 Å². The molecule has 12 heteroatoms. The summed E-state index contributed by atoms with van der Waals surface area (Å²) in [6.45, 7) is 1.37. The number of aliphatic carboxylic acids is 1. The third kappa shape index (κ3) is 6.28. The van der Waals surface area contributed by atoms with Gasteiger partial charge in [0.05, 0.1) is 28.8 Å². The van der Waals surface area contributed by atoms with Crippen molar-refractivity contribution in [3.63, 3.8) is 0 Å². The SMILES string of the molecule is O=C(O)CCc1cnc(N2CC[C@H](OC3(C(=O)Cc4cc(Cl)c(NC(=O)c5coc6ccccc56)cc4Cl)CCC3)C2)s1. The maximum absolute atomic E-state index is 13.6. The maximum atomic E-state index is 13.6. The lowest BCUT2D eigenvalue weighted by Gasteiger charge is -2.42. The number of nitrogens with zero attached hydrogens (tertiary/aromatic N) is 2. The summed E-state index contributed by atoms with van der Waals surface area (Å²) in [5.41, 5.74) is 1.04. The van der Waals surface area contributed by atoms with Gasteiger partial charge in [-0.15, -0.1) is 11.3 Å². The number of hydrogen-bond donors (Lipinski definition) is 2. The van der Waals surface area contributed by atoms with Crippen LogP contribution < -0.4 is 10.2 Å². The molecule has 4 aromatic rings. The van der Waals surface area contributed by atoms with Gasteiger partial charge in [0.25, 0.3) is 5.91 Å². The van der Waals surface area contributed by atoms with Crippen molar-refractivity contribution in [1.29, 1.82) is 0 Å². The number of halogens is 2. The Morgan fingerprint density at radius 3 is 2.77 bits per heavy atom. The number of carbonyl (C=O) groups is 3. The molecule has 6 rings (SSSR count). The number of Topliss-reactive ketones (excluding diaryl/α,β-unsaturated/α-hetero) is 1. The molecule has 2 N–H and O–H groups in total. The number of hydrogen-bond acceptors (Lipinski definition) is 8. The molecule has 1 amide bonds. The Balaban J connectivity index is 1.08. The van der Waals surface area contributed by atoms with Crippen LogP contribution in [-0.4, -0.2) is 52.5 Å². The monoisotopic (exact) mass is 641 g/mol. The van der Waals surface area contributed by atoms with E-state index in [9.17, 15) is 14.4 Å². The van der Waals surface area contributed by atoms with Crippen molar-refractivity contribution in [3.8, 4) is 0 Å². The van der Waals surface area contributed by atoms with Crippen molar-refractivity contribution >= 4 is 74.0 Å². The third-order valence-electron chi connectivity index (χ3n) is 8.06. The first-order valence-corrected chi connectivity index (χ1v) is 15.7. The van der Waals surface area contributed by atoms with Gasteiger partial charge in [-0.2, -0.15) is 0 Å². The van der Waals surface area contributed by atoms with E-state index in [0.717, 1.165) is 29.4 Å². The van der Waals surface area contributed by atoms with Crippen molar-refractivity contribution < 1.29 is 28.6 Å². The molecule has 1 saturated carbocycles. The second-order valence-electron chi connectivity index (χ2n) is 10.9. The first-order chi connectivity index (χ1) is 20.7. The molecule has 2 fully saturated rings. The molecule has 3 heterocycles. The summed E-state index contributed by atoms with van der Waals surface area (Å²) in [6, 6.07) is 10.4. The second-order valence-corrected chi connectivity index (χ2v) is 12.9. The fourth-order valence-corrected chi connectivity index (χ4v) is 6.97. The van der Waals surface area contributed by atoms with E-state index in [1.165, 1.54) is 17.6 Å². The number of carboxylic acid groups (broad SMARTS) is 1. The second kappa shape index (κ2) is 12.3. The fraction of sp³-hybridized carbons (Fsp3) is 0.355. The number of ether oxygens (including phenoxy) is 1.